The number of hydrogen-bond acceptors (Lipinski definition) is 4. The number of alkyl halides is 3. The van der Waals surface area contributed by atoms with Crippen molar-refractivity contribution in [2.45, 2.75) is 19.6 Å². The lowest BCUT2D eigenvalue weighted by molar-refractivity contribution is -0.137. The quantitative estimate of drug-likeness (QED) is 0.755. The SMILES string of the molecule is Cc1cc(NC(=O)c2cccn(Cc3cccc(C(F)(F)F)c3)c2=O)no1. The van der Waals surface area contributed by atoms with Gasteiger partial charge < -0.3 is 14.4 Å². The van der Waals surface area contributed by atoms with Gasteiger partial charge in [0.2, 0.25) is 0 Å². The fourth-order valence-electron chi connectivity index (χ4n) is 2.49. The van der Waals surface area contributed by atoms with Crippen LogP contribution in [-0.4, -0.2) is 15.6 Å². The third-order valence-electron chi connectivity index (χ3n) is 3.74. The third-order valence-corrected chi connectivity index (χ3v) is 3.74. The van der Waals surface area contributed by atoms with Crippen molar-refractivity contribution in [3.05, 3.63) is 81.5 Å². The van der Waals surface area contributed by atoms with Gasteiger partial charge in [-0.25, -0.2) is 0 Å². The number of hydrogen-bond donors (Lipinski definition) is 1. The highest BCUT2D eigenvalue weighted by Crippen LogP contribution is 2.29. The molecule has 1 amide bonds. The molecule has 27 heavy (non-hydrogen) atoms. The van der Waals surface area contributed by atoms with Crippen molar-refractivity contribution >= 4 is 11.7 Å². The molecule has 0 aliphatic rings. The zero-order chi connectivity index (χ0) is 19.6. The van der Waals surface area contributed by atoms with Gasteiger partial charge in [0.05, 0.1) is 12.1 Å². The molecule has 0 bridgehead atoms. The molecule has 3 aromatic rings. The molecule has 0 atom stereocenters. The minimum Gasteiger partial charge on any atom is -0.360 e. The lowest BCUT2D eigenvalue weighted by atomic mass is 10.1. The molecule has 140 valence electrons. The number of carbonyl (C=O) groups is 1. The molecule has 2 aromatic heterocycles. The molecule has 9 heteroatoms. The molecule has 1 N–H and O–H groups in total. The summed E-state index contributed by atoms with van der Waals surface area (Å²) in [5, 5.41) is 6.05. The highest BCUT2D eigenvalue weighted by atomic mass is 19.4. The maximum absolute atomic E-state index is 12.8. The third kappa shape index (κ3) is 4.25. The number of carbonyl (C=O) groups excluding carboxylic acids is 1. The number of nitrogens with one attached hydrogen (secondary N) is 1. The zero-order valence-corrected chi connectivity index (χ0v) is 14.1. The van der Waals surface area contributed by atoms with Gasteiger partial charge in [-0.15, -0.1) is 0 Å². The second kappa shape index (κ2) is 7.10. The molecule has 0 radical (unpaired) electrons. The fraction of sp³-hybridized carbons (Fsp3) is 0.167. The maximum atomic E-state index is 12.8. The van der Waals surface area contributed by atoms with Crippen molar-refractivity contribution in [2.75, 3.05) is 5.32 Å². The Morgan fingerprint density at radius 2 is 2.00 bits per heavy atom. The maximum Gasteiger partial charge on any atom is 0.416 e. The van der Waals surface area contributed by atoms with Gasteiger partial charge in [0.25, 0.3) is 11.5 Å². The van der Waals surface area contributed by atoms with Crippen molar-refractivity contribution in [3.8, 4) is 0 Å². The van der Waals surface area contributed by atoms with E-state index in [9.17, 15) is 22.8 Å². The molecule has 0 spiro atoms. The van der Waals surface area contributed by atoms with E-state index in [0.717, 1.165) is 12.1 Å². The summed E-state index contributed by atoms with van der Waals surface area (Å²) in [6.07, 6.45) is -3.07. The van der Waals surface area contributed by atoms with Crippen LogP contribution in [0.15, 0.2) is 58.0 Å². The first-order valence-electron chi connectivity index (χ1n) is 7.84. The lowest BCUT2D eigenvalue weighted by Crippen LogP contribution is -2.29. The van der Waals surface area contributed by atoms with Gasteiger partial charge in [-0.2, -0.15) is 13.2 Å². The number of aromatic nitrogens is 2. The van der Waals surface area contributed by atoms with Gasteiger partial charge in [-0.3, -0.25) is 9.59 Å². The van der Waals surface area contributed by atoms with Crippen LogP contribution >= 0.6 is 0 Å². The van der Waals surface area contributed by atoms with Gasteiger partial charge in [0, 0.05) is 12.3 Å². The summed E-state index contributed by atoms with van der Waals surface area (Å²) in [4.78, 5) is 24.8. The summed E-state index contributed by atoms with van der Waals surface area (Å²) in [5.41, 5.74) is -1.31. The molecule has 0 unspecified atom stereocenters. The van der Waals surface area contributed by atoms with Crippen molar-refractivity contribution in [2.24, 2.45) is 0 Å². The van der Waals surface area contributed by atoms with Crippen LogP contribution in [0.3, 0.4) is 0 Å². The van der Waals surface area contributed by atoms with E-state index in [2.05, 4.69) is 10.5 Å². The summed E-state index contributed by atoms with van der Waals surface area (Å²) >= 11 is 0. The topological polar surface area (TPSA) is 77.1 Å². The lowest BCUT2D eigenvalue weighted by Gasteiger charge is -2.11. The summed E-state index contributed by atoms with van der Waals surface area (Å²) in [7, 11) is 0. The highest BCUT2D eigenvalue weighted by Gasteiger charge is 2.30. The van der Waals surface area contributed by atoms with Crippen LogP contribution in [0, 0.1) is 6.92 Å². The van der Waals surface area contributed by atoms with Gasteiger partial charge in [0.1, 0.15) is 11.3 Å². The molecule has 6 nitrogen and oxygen atoms in total. The van der Waals surface area contributed by atoms with Gasteiger partial charge in [-0.1, -0.05) is 17.3 Å². The second-order valence-electron chi connectivity index (χ2n) is 5.83. The molecule has 1 aromatic carbocycles. The van der Waals surface area contributed by atoms with E-state index in [-0.39, 0.29) is 23.5 Å². The van der Waals surface area contributed by atoms with Crippen LogP contribution in [0.25, 0.3) is 0 Å². The number of nitrogens with zero attached hydrogens (tertiary/aromatic N) is 2. The Balaban J connectivity index is 1.85. The first kappa shape index (κ1) is 18.4. The van der Waals surface area contributed by atoms with Crippen LogP contribution in [-0.2, 0) is 12.7 Å². The van der Waals surface area contributed by atoms with E-state index >= 15 is 0 Å². The number of amides is 1. The van der Waals surface area contributed by atoms with E-state index in [0.29, 0.717) is 5.76 Å². The minimum absolute atomic E-state index is 0.104. The smallest absolute Gasteiger partial charge is 0.360 e. The number of anilines is 1. The predicted octanol–water partition coefficient (Wildman–Crippen LogP) is 3.46. The number of rotatable bonds is 4. The number of aryl methyl sites for hydroxylation is 1. The monoisotopic (exact) mass is 377 g/mol. The standard InChI is InChI=1S/C18H14F3N3O3/c1-11-8-15(23-27-11)22-16(25)14-6-3-7-24(17(14)26)10-12-4-2-5-13(9-12)18(19,20)21/h2-9H,10H2,1H3,(H,22,23,25). The van der Waals surface area contributed by atoms with Crippen molar-refractivity contribution in [1.29, 1.82) is 0 Å². The van der Waals surface area contributed by atoms with Crippen LogP contribution in [0.1, 0.15) is 27.2 Å². The van der Waals surface area contributed by atoms with Crippen LogP contribution in [0.5, 0.6) is 0 Å². The first-order chi connectivity index (χ1) is 12.7. The van der Waals surface area contributed by atoms with E-state index in [1.54, 1.807) is 6.92 Å². The second-order valence-corrected chi connectivity index (χ2v) is 5.83. The van der Waals surface area contributed by atoms with Crippen molar-refractivity contribution in [1.82, 2.24) is 9.72 Å². The van der Waals surface area contributed by atoms with Crippen LogP contribution in [0.2, 0.25) is 0 Å². The Kier molecular flexibility index (Phi) is 4.85. The molecular formula is C18H14F3N3O3. The summed E-state index contributed by atoms with van der Waals surface area (Å²) in [6, 6.07) is 8.96. The summed E-state index contributed by atoms with van der Waals surface area (Å²) < 4.78 is 44.5. The number of benzene rings is 1. The molecule has 0 saturated carbocycles. The Bertz CT molecular complexity index is 1040. The van der Waals surface area contributed by atoms with Crippen molar-refractivity contribution in [3.63, 3.8) is 0 Å². The average Bonchev–Trinajstić information content (AvgIpc) is 3.01. The minimum atomic E-state index is -4.47. The van der Waals surface area contributed by atoms with E-state index in [4.69, 9.17) is 4.52 Å². The zero-order valence-electron chi connectivity index (χ0n) is 14.1. The van der Waals surface area contributed by atoms with E-state index in [1.165, 1.54) is 41.1 Å². The van der Waals surface area contributed by atoms with E-state index < -0.39 is 23.2 Å². The summed E-state index contributed by atoms with van der Waals surface area (Å²) in [5.74, 6) is -0.0443. The van der Waals surface area contributed by atoms with Gasteiger partial charge in [0.15, 0.2) is 5.82 Å². The highest BCUT2D eigenvalue weighted by molar-refractivity contribution is 6.03. The number of pyridine rings is 1. The normalized spacial score (nSPS) is 11.4. The van der Waals surface area contributed by atoms with Gasteiger partial charge in [-0.05, 0) is 36.8 Å². The first-order valence-corrected chi connectivity index (χ1v) is 7.84. The van der Waals surface area contributed by atoms with Crippen LogP contribution in [0.4, 0.5) is 19.0 Å². The fourth-order valence-corrected chi connectivity index (χ4v) is 2.49. The molecule has 0 aliphatic carbocycles. The number of halogens is 3. The molecular weight excluding hydrogens is 363 g/mol. The van der Waals surface area contributed by atoms with Crippen LogP contribution < -0.4 is 10.9 Å². The average molecular weight is 377 g/mol. The largest absolute Gasteiger partial charge is 0.416 e. The summed E-state index contributed by atoms with van der Waals surface area (Å²) in [6.45, 7) is 1.54. The Labute approximate surface area is 151 Å². The van der Waals surface area contributed by atoms with Crippen molar-refractivity contribution < 1.29 is 22.5 Å². The molecule has 2 heterocycles. The van der Waals surface area contributed by atoms with E-state index in [1.807, 2.05) is 0 Å². The Morgan fingerprint density at radius 1 is 1.22 bits per heavy atom. The predicted molar refractivity (Wildman–Crippen MR) is 90.4 cm³/mol. The Morgan fingerprint density at radius 3 is 2.67 bits per heavy atom. The van der Waals surface area contributed by atoms with Gasteiger partial charge >= 0.3 is 6.18 Å². The molecule has 0 aliphatic heterocycles. The Hall–Kier alpha value is -3.36. The molecule has 0 fully saturated rings. The molecule has 0 saturated heterocycles. The molecule has 3 rings (SSSR count).